The molecule has 0 fully saturated rings. The Balaban J connectivity index is 0.000000590. The van der Waals surface area contributed by atoms with Crippen molar-refractivity contribution >= 4 is 10.1 Å². The van der Waals surface area contributed by atoms with Crippen molar-refractivity contribution in [3.8, 4) is 0 Å². The van der Waals surface area contributed by atoms with E-state index in [0.29, 0.717) is 6.04 Å². The summed E-state index contributed by atoms with van der Waals surface area (Å²) < 4.78 is 136. The third-order valence-corrected chi connectivity index (χ3v) is 5.19. The molecule has 0 saturated heterocycles. The molecule has 0 radical (unpaired) electrons. The van der Waals surface area contributed by atoms with Crippen molar-refractivity contribution in [2.75, 3.05) is 14.1 Å². The van der Waals surface area contributed by atoms with Gasteiger partial charge in [0.25, 0.3) is 0 Å². The van der Waals surface area contributed by atoms with Crippen LogP contribution in [0.25, 0.3) is 0 Å². The average molecular weight is 489 g/mol. The van der Waals surface area contributed by atoms with E-state index < -0.39 is 33.4 Å². The van der Waals surface area contributed by atoms with Crippen molar-refractivity contribution in [1.29, 1.82) is 0 Å². The fraction of sp³-hybridized carbons (Fsp3) is 0.529. The number of hydrogen-bond donors (Lipinski definition) is 0. The van der Waals surface area contributed by atoms with Crippen molar-refractivity contribution < 1.29 is 57.0 Å². The summed E-state index contributed by atoms with van der Waals surface area (Å²) >= 11 is 0. The summed E-state index contributed by atoms with van der Waals surface area (Å²) in [4.78, 5) is 0. The van der Waals surface area contributed by atoms with Gasteiger partial charge in [0.15, 0.2) is 10.1 Å². The summed E-state index contributed by atoms with van der Waals surface area (Å²) in [5.74, 6) is -14.8. The van der Waals surface area contributed by atoms with Crippen LogP contribution in [0.1, 0.15) is 12.5 Å². The van der Waals surface area contributed by atoms with Gasteiger partial charge in [0.2, 0.25) is 0 Å². The average Bonchev–Trinajstić information content (AvgIpc) is 2.59. The van der Waals surface area contributed by atoms with Crippen molar-refractivity contribution in [1.82, 2.24) is 0 Å². The van der Waals surface area contributed by atoms with Crippen LogP contribution >= 0.6 is 0 Å². The van der Waals surface area contributed by atoms with Crippen LogP contribution in [0.15, 0.2) is 43.0 Å². The first-order valence-corrected chi connectivity index (χ1v) is 9.62. The Labute approximate surface area is 173 Å². The minimum atomic E-state index is -7.43. The first kappa shape index (κ1) is 29.2. The highest BCUT2D eigenvalue weighted by Gasteiger charge is 2.83. The van der Waals surface area contributed by atoms with Gasteiger partial charge >= 0.3 is 23.3 Å². The second kappa shape index (κ2) is 9.36. The number of likely N-dealkylation sites (N-methyl/N-ethyl adjacent to an activating group) is 1. The molecule has 0 amide bonds. The Morgan fingerprint density at radius 2 is 1.39 bits per heavy atom. The topological polar surface area (TPSA) is 57.2 Å². The molecule has 0 aromatic heterocycles. The Kier molecular flexibility index (Phi) is 8.82. The van der Waals surface area contributed by atoms with Gasteiger partial charge in [0.1, 0.15) is 12.6 Å². The van der Waals surface area contributed by atoms with E-state index in [2.05, 4.69) is 57.9 Å². The van der Waals surface area contributed by atoms with Crippen LogP contribution in [0.4, 0.5) is 39.5 Å². The summed E-state index contributed by atoms with van der Waals surface area (Å²) in [6.07, 6.45) is -5.15. The van der Waals surface area contributed by atoms with Crippen LogP contribution in [0.3, 0.4) is 0 Å². The monoisotopic (exact) mass is 489 g/mol. The van der Waals surface area contributed by atoms with E-state index in [9.17, 15) is 52.5 Å². The molecule has 1 aromatic rings. The molecule has 0 saturated carbocycles. The second-order valence-corrected chi connectivity index (χ2v) is 8.44. The van der Waals surface area contributed by atoms with E-state index in [1.165, 1.54) is 5.56 Å². The van der Waals surface area contributed by atoms with E-state index in [0.717, 1.165) is 11.0 Å². The number of benzene rings is 1. The maximum Gasteiger partial charge on any atom is 0.460 e. The number of hydrogen-bond acceptors (Lipinski definition) is 3. The molecule has 0 aliphatic rings. The molecular weight excluding hydrogens is 469 g/mol. The second-order valence-electron chi connectivity index (χ2n) is 7.02. The van der Waals surface area contributed by atoms with Gasteiger partial charge in [0, 0.05) is 5.56 Å². The van der Waals surface area contributed by atoms with E-state index in [1.54, 1.807) is 0 Å². The van der Waals surface area contributed by atoms with Gasteiger partial charge in [-0.05, 0) is 13.0 Å². The van der Waals surface area contributed by atoms with Gasteiger partial charge in [0.05, 0.1) is 14.1 Å². The third-order valence-electron chi connectivity index (χ3n) is 4.31. The van der Waals surface area contributed by atoms with E-state index in [4.69, 9.17) is 0 Å². The predicted octanol–water partition coefficient (Wildman–Crippen LogP) is 4.79. The Bertz CT molecular complexity index is 838. The van der Waals surface area contributed by atoms with Crippen LogP contribution in [-0.2, 0) is 16.7 Å². The highest BCUT2D eigenvalue weighted by atomic mass is 32.2. The molecular formula is C17H20F9NO3S. The normalized spacial score (nSPS) is 15.0. The minimum absolute atomic E-state index is 0.482. The lowest BCUT2D eigenvalue weighted by Crippen LogP contribution is -2.63. The van der Waals surface area contributed by atoms with Crippen molar-refractivity contribution in [2.24, 2.45) is 0 Å². The van der Waals surface area contributed by atoms with E-state index >= 15 is 0 Å². The predicted molar refractivity (Wildman–Crippen MR) is 92.5 cm³/mol. The molecule has 1 atom stereocenters. The molecule has 1 aromatic carbocycles. The fourth-order valence-electron chi connectivity index (χ4n) is 2.00. The lowest BCUT2D eigenvalue weighted by Gasteiger charge is -2.34. The van der Waals surface area contributed by atoms with Gasteiger partial charge in [-0.1, -0.05) is 36.9 Å². The molecule has 0 N–H and O–H groups in total. The van der Waals surface area contributed by atoms with Crippen LogP contribution in [0.5, 0.6) is 0 Å². The molecule has 1 rings (SSSR count). The maximum atomic E-state index is 12.2. The standard InChI is InChI=1S/C13H20N.C4HF9O3S/c1-5-12(2)14(3,4)11-13-9-7-6-8-10-13;5-1(6,3(9,10)11)2(7,8)4(12,13)17(14,15)16/h5-10,12H,1,11H2,2-4H3;(H,14,15,16)/q+1;/p-1. The molecule has 0 heterocycles. The van der Waals surface area contributed by atoms with Crippen molar-refractivity contribution in [2.45, 2.75) is 42.8 Å². The zero-order valence-corrected chi connectivity index (χ0v) is 17.3. The molecule has 0 aliphatic heterocycles. The largest absolute Gasteiger partial charge is 0.743 e. The summed E-state index contributed by atoms with van der Waals surface area (Å²) in [5.41, 5.74) is 1.38. The van der Waals surface area contributed by atoms with Gasteiger partial charge in [-0.2, -0.15) is 39.5 Å². The van der Waals surface area contributed by atoms with Gasteiger partial charge in [-0.25, -0.2) is 8.42 Å². The number of rotatable bonds is 7. The van der Waals surface area contributed by atoms with Gasteiger partial charge in [-0.3, -0.25) is 0 Å². The lowest BCUT2D eigenvalue weighted by molar-refractivity contribution is -0.919. The number of nitrogens with zero attached hydrogens (tertiary/aromatic N) is 1. The molecule has 1 unspecified atom stereocenters. The molecule has 31 heavy (non-hydrogen) atoms. The zero-order valence-electron chi connectivity index (χ0n) is 16.4. The molecule has 4 nitrogen and oxygen atoms in total. The Morgan fingerprint density at radius 1 is 0.968 bits per heavy atom. The summed E-state index contributed by atoms with van der Waals surface area (Å²) in [6.45, 7) is 7.11. The quantitative estimate of drug-likeness (QED) is 0.240. The third kappa shape index (κ3) is 6.35. The van der Waals surface area contributed by atoms with Crippen LogP contribution in [0, 0.1) is 0 Å². The maximum absolute atomic E-state index is 12.2. The molecule has 14 heteroatoms. The van der Waals surface area contributed by atoms with E-state index in [1.807, 2.05) is 6.08 Å². The molecule has 0 spiro atoms. The first-order chi connectivity index (χ1) is 13.6. The number of halogens is 9. The van der Waals surface area contributed by atoms with Crippen molar-refractivity contribution in [3.05, 3.63) is 48.6 Å². The number of alkyl halides is 9. The zero-order chi connectivity index (χ0) is 25.1. The van der Waals surface area contributed by atoms with Gasteiger partial charge in [-0.15, -0.1) is 0 Å². The fourth-order valence-corrected chi connectivity index (χ4v) is 2.44. The van der Waals surface area contributed by atoms with Crippen LogP contribution in [-0.4, -0.2) is 60.9 Å². The summed E-state index contributed by atoms with van der Waals surface area (Å²) in [5, 5.41) is -7.11. The lowest BCUT2D eigenvalue weighted by atomic mass is 10.1. The summed E-state index contributed by atoms with van der Waals surface area (Å²) in [6, 6.07) is 11.1. The number of quaternary nitrogens is 1. The highest BCUT2D eigenvalue weighted by Crippen LogP contribution is 2.54. The first-order valence-electron chi connectivity index (χ1n) is 8.21. The van der Waals surface area contributed by atoms with Crippen molar-refractivity contribution in [3.63, 3.8) is 0 Å². The summed E-state index contributed by atoms with van der Waals surface area (Å²) in [7, 11) is -2.95. The van der Waals surface area contributed by atoms with Crippen LogP contribution in [0.2, 0.25) is 0 Å². The van der Waals surface area contributed by atoms with E-state index in [-0.39, 0.29) is 0 Å². The van der Waals surface area contributed by atoms with Gasteiger partial charge < -0.3 is 9.04 Å². The highest BCUT2D eigenvalue weighted by molar-refractivity contribution is 7.86. The molecule has 0 bridgehead atoms. The smallest absolute Gasteiger partial charge is 0.460 e. The molecule has 0 aliphatic carbocycles. The Hall–Kier alpha value is -1.80. The van der Waals surface area contributed by atoms with Crippen LogP contribution < -0.4 is 0 Å². The minimum Gasteiger partial charge on any atom is -0.743 e. The molecule has 180 valence electrons. The Morgan fingerprint density at radius 3 is 1.71 bits per heavy atom. The SMILES string of the molecule is C=CC(C)[N+](C)(C)Cc1ccccc1.O=S(=O)([O-])C(F)(F)C(F)(F)C(F)(F)C(F)(F)F.